The Morgan fingerprint density at radius 3 is 3.05 bits per heavy atom. The topological polar surface area (TPSA) is 63.5 Å². The van der Waals surface area contributed by atoms with Crippen LogP contribution in [0.25, 0.3) is 0 Å². The summed E-state index contributed by atoms with van der Waals surface area (Å²) in [5.74, 6) is 1.28. The summed E-state index contributed by atoms with van der Waals surface area (Å²) in [6, 6.07) is 7.70. The maximum atomic E-state index is 8.90. The lowest BCUT2D eigenvalue weighted by Crippen LogP contribution is -2.41. The molecule has 2 rings (SSSR count). The standard InChI is InChI=1S/C15H20N2O3/c1-18-14-5-4-12(10-16)9-15(14)20-7-2-3-13-11-19-8-6-17-13/h4-5,9,13,17H,2-3,6-8,11H2,1H3/t13-/m1/s1. The molecule has 1 aliphatic rings. The van der Waals surface area contributed by atoms with Crippen molar-refractivity contribution < 1.29 is 14.2 Å². The number of nitrogens with one attached hydrogen (secondary N) is 1. The number of hydrogen-bond acceptors (Lipinski definition) is 5. The van der Waals surface area contributed by atoms with Crippen LogP contribution in [0, 0.1) is 11.3 Å². The fourth-order valence-corrected chi connectivity index (χ4v) is 2.18. The molecule has 0 spiro atoms. The zero-order chi connectivity index (χ0) is 14.2. The molecule has 1 aromatic rings. The van der Waals surface area contributed by atoms with E-state index in [2.05, 4.69) is 11.4 Å². The number of nitriles is 1. The van der Waals surface area contributed by atoms with Gasteiger partial charge in [-0.1, -0.05) is 0 Å². The number of benzene rings is 1. The lowest BCUT2D eigenvalue weighted by atomic mass is 10.1. The van der Waals surface area contributed by atoms with E-state index in [4.69, 9.17) is 19.5 Å². The van der Waals surface area contributed by atoms with Crippen molar-refractivity contribution in [1.82, 2.24) is 5.32 Å². The van der Waals surface area contributed by atoms with Crippen LogP contribution in [0.5, 0.6) is 11.5 Å². The van der Waals surface area contributed by atoms with E-state index in [1.54, 1.807) is 25.3 Å². The molecule has 0 bridgehead atoms. The van der Waals surface area contributed by atoms with Crippen molar-refractivity contribution >= 4 is 0 Å². The van der Waals surface area contributed by atoms with Crippen molar-refractivity contribution in [3.05, 3.63) is 23.8 Å². The minimum absolute atomic E-state index is 0.416. The van der Waals surface area contributed by atoms with Gasteiger partial charge in [0.15, 0.2) is 11.5 Å². The average molecular weight is 276 g/mol. The maximum Gasteiger partial charge on any atom is 0.162 e. The van der Waals surface area contributed by atoms with E-state index in [-0.39, 0.29) is 0 Å². The number of methoxy groups -OCH3 is 1. The largest absolute Gasteiger partial charge is 0.493 e. The number of morpholine rings is 1. The van der Waals surface area contributed by atoms with Crippen LogP contribution in [-0.2, 0) is 4.74 Å². The highest BCUT2D eigenvalue weighted by Gasteiger charge is 2.12. The van der Waals surface area contributed by atoms with Gasteiger partial charge in [-0.05, 0) is 25.0 Å². The second-order valence-corrected chi connectivity index (χ2v) is 4.69. The van der Waals surface area contributed by atoms with Crippen molar-refractivity contribution in [3.8, 4) is 17.6 Å². The predicted octanol–water partition coefficient (Wildman–Crippen LogP) is 1.71. The lowest BCUT2D eigenvalue weighted by molar-refractivity contribution is 0.0721. The van der Waals surface area contributed by atoms with Crippen LogP contribution in [-0.4, -0.2) is 39.5 Å². The highest BCUT2D eigenvalue weighted by molar-refractivity contribution is 5.46. The van der Waals surface area contributed by atoms with Crippen LogP contribution in [0.4, 0.5) is 0 Å². The van der Waals surface area contributed by atoms with Gasteiger partial charge in [0.1, 0.15) is 0 Å². The first-order valence-corrected chi connectivity index (χ1v) is 6.85. The van der Waals surface area contributed by atoms with Crippen molar-refractivity contribution in [1.29, 1.82) is 5.26 Å². The molecule has 0 aliphatic carbocycles. The Hall–Kier alpha value is -1.77. The van der Waals surface area contributed by atoms with Gasteiger partial charge in [-0.3, -0.25) is 0 Å². The molecule has 5 heteroatoms. The smallest absolute Gasteiger partial charge is 0.162 e. The van der Waals surface area contributed by atoms with Gasteiger partial charge in [-0.2, -0.15) is 5.26 Å². The molecule has 0 unspecified atom stereocenters. The van der Waals surface area contributed by atoms with Gasteiger partial charge in [0.2, 0.25) is 0 Å². The fraction of sp³-hybridized carbons (Fsp3) is 0.533. The first-order valence-electron chi connectivity index (χ1n) is 6.85. The first-order chi connectivity index (χ1) is 9.83. The number of rotatable bonds is 6. The van der Waals surface area contributed by atoms with E-state index in [1.807, 2.05) is 0 Å². The van der Waals surface area contributed by atoms with Crippen molar-refractivity contribution in [3.63, 3.8) is 0 Å². The Bertz CT molecular complexity index is 465. The molecule has 0 saturated carbocycles. The van der Waals surface area contributed by atoms with Gasteiger partial charge in [-0.25, -0.2) is 0 Å². The van der Waals surface area contributed by atoms with Gasteiger partial charge in [-0.15, -0.1) is 0 Å². The van der Waals surface area contributed by atoms with E-state index in [0.717, 1.165) is 32.6 Å². The van der Waals surface area contributed by atoms with Crippen molar-refractivity contribution in [2.24, 2.45) is 0 Å². The molecule has 1 aliphatic heterocycles. The molecule has 1 aromatic carbocycles. The van der Waals surface area contributed by atoms with Crippen molar-refractivity contribution in [2.75, 3.05) is 33.5 Å². The minimum Gasteiger partial charge on any atom is -0.493 e. The monoisotopic (exact) mass is 276 g/mol. The number of hydrogen-bond donors (Lipinski definition) is 1. The Kier molecular flexibility index (Phi) is 5.66. The van der Waals surface area contributed by atoms with Crippen LogP contribution in [0.1, 0.15) is 18.4 Å². The second-order valence-electron chi connectivity index (χ2n) is 4.69. The summed E-state index contributed by atoms with van der Waals surface area (Å²) in [5, 5.41) is 12.3. The van der Waals surface area contributed by atoms with E-state index in [0.29, 0.717) is 29.7 Å². The highest BCUT2D eigenvalue weighted by Crippen LogP contribution is 2.28. The van der Waals surface area contributed by atoms with Crippen LogP contribution >= 0.6 is 0 Å². The SMILES string of the molecule is COc1ccc(C#N)cc1OCCC[C@@H]1COCCN1. The molecule has 1 atom stereocenters. The van der Waals surface area contributed by atoms with Crippen LogP contribution in [0.2, 0.25) is 0 Å². The summed E-state index contributed by atoms with van der Waals surface area (Å²) >= 11 is 0. The summed E-state index contributed by atoms with van der Waals surface area (Å²) in [6.07, 6.45) is 1.95. The number of nitrogens with zero attached hydrogens (tertiary/aromatic N) is 1. The van der Waals surface area contributed by atoms with Gasteiger partial charge in [0.25, 0.3) is 0 Å². The lowest BCUT2D eigenvalue weighted by Gasteiger charge is -2.23. The van der Waals surface area contributed by atoms with Crippen molar-refractivity contribution in [2.45, 2.75) is 18.9 Å². The normalized spacial score (nSPS) is 18.3. The van der Waals surface area contributed by atoms with Gasteiger partial charge in [0, 0.05) is 18.7 Å². The van der Waals surface area contributed by atoms with Gasteiger partial charge >= 0.3 is 0 Å². The Balaban J connectivity index is 1.79. The molecule has 1 fully saturated rings. The Labute approximate surface area is 119 Å². The highest BCUT2D eigenvalue weighted by atomic mass is 16.5. The van der Waals surface area contributed by atoms with Crippen LogP contribution < -0.4 is 14.8 Å². The summed E-state index contributed by atoms with van der Waals surface area (Å²) < 4.78 is 16.3. The molecular formula is C15H20N2O3. The maximum absolute atomic E-state index is 8.90. The molecule has 1 N–H and O–H groups in total. The van der Waals surface area contributed by atoms with E-state index in [9.17, 15) is 0 Å². The third-order valence-corrected chi connectivity index (χ3v) is 3.25. The molecular weight excluding hydrogens is 256 g/mol. The zero-order valence-electron chi connectivity index (χ0n) is 11.7. The van der Waals surface area contributed by atoms with Crippen LogP contribution in [0.3, 0.4) is 0 Å². The zero-order valence-corrected chi connectivity index (χ0v) is 11.7. The molecule has 0 amide bonds. The van der Waals surface area contributed by atoms with Gasteiger partial charge in [0.05, 0.1) is 38.6 Å². The molecule has 108 valence electrons. The second kappa shape index (κ2) is 7.73. The Morgan fingerprint density at radius 1 is 1.45 bits per heavy atom. The van der Waals surface area contributed by atoms with Crippen LogP contribution in [0.15, 0.2) is 18.2 Å². The fourth-order valence-electron chi connectivity index (χ4n) is 2.18. The van der Waals surface area contributed by atoms with Gasteiger partial charge < -0.3 is 19.5 Å². The number of ether oxygens (including phenoxy) is 3. The quantitative estimate of drug-likeness (QED) is 0.801. The summed E-state index contributed by atoms with van der Waals surface area (Å²) in [6.45, 7) is 3.09. The van der Waals surface area contributed by atoms with E-state index in [1.165, 1.54) is 0 Å². The summed E-state index contributed by atoms with van der Waals surface area (Å²) in [4.78, 5) is 0. The first kappa shape index (κ1) is 14.6. The predicted molar refractivity (Wildman–Crippen MR) is 75.0 cm³/mol. The molecule has 1 saturated heterocycles. The third kappa shape index (κ3) is 4.12. The summed E-state index contributed by atoms with van der Waals surface area (Å²) in [5.41, 5.74) is 0.572. The minimum atomic E-state index is 0.416. The molecule has 1 heterocycles. The Morgan fingerprint density at radius 2 is 2.35 bits per heavy atom. The average Bonchev–Trinajstić information content (AvgIpc) is 2.52. The molecule has 20 heavy (non-hydrogen) atoms. The van der Waals surface area contributed by atoms with E-state index >= 15 is 0 Å². The van der Waals surface area contributed by atoms with E-state index < -0.39 is 0 Å². The third-order valence-electron chi connectivity index (χ3n) is 3.25. The molecule has 0 radical (unpaired) electrons. The molecule has 5 nitrogen and oxygen atoms in total. The summed E-state index contributed by atoms with van der Waals surface area (Å²) in [7, 11) is 1.59. The molecule has 0 aromatic heterocycles.